The molecule has 0 aromatic carbocycles. The van der Waals surface area contributed by atoms with Crippen LogP contribution in [0.15, 0.2) is 0 Å². The fourth-order valence-corrected chi connectivity index (χ4v) is 3.26. The van der Waals surface area contributed by atoms with E-state index >= 15 is 0 Å². The summed E-state index contributed by atoms with van der Waals surface area (Å²) in [6.45, 7) is 9.00. The lowest BCUT2D eigenvalue weighted by Gasteiger charge is -2.38. The molecular formula is C12H22N2O2S. The molecule has 0 bridgehead atoms. The van der Waals surface area contributed by atoms with Crippen LogP contribution in [0.1, 0.15) is 13.8 Å². The number of rotatable bonds is 2. The number of hydrogen-bond acceptors (Lipinski definition) is 4. The molecule has 0 saturated carbocycles. The average Bonchev–Trinajstić information content (AvgIpc) is 2.29. The molecule has 0 atom stereocenters. The number of amides is 1. The smallest absolute Gasteiger partial charge is 0.236 e. The van der Waals surface area contributed by atoms with Crippen LogP contribution in [0.4, 0.5) is 0 Å². The summed E-state index contributed by atoms with van der Waals surface area (Å²) in [5.74, 6) is 2.45. The number of hydrogen-bond donors (Lipinski definition) is 0. The van der Waals surface area contributed by atoms with Crippen LogP contribution >= 0.6 is 11.8 Å². The van der Waals surface area contributed by atoms with E-state index in [0.717, 1.165) is 44.3 Å². The molecule has 0 aromatic heterocycles. The summed E-state index contributed by atoms with van der Waals surface area (Å²) in [5, 5.41) is 0. The van der Waals surface area contributed by atoms with Gasteiger partial charge in [-0.2, -0.15) is 11.8 Å². The second-order valence-corrected chi connectivity index (χ2v) is 6.54. The molecule has 0 unspecified atom stereocenters. The van der Waals surface area contributed by atoms with Gasteiger partial charge in [0.05, 0.1) is 18.8 Å². The minimum absolute atomic E-state index is 0.115. The Bertz CT molecular complexity index is 278. The third kappa shape index (κ3) is 3.86. The first-order valence-corrected chi connectivity index (χ1v) is 7.44. The molecule has 98 valence electrons. The Kier molecular flexibility index (Phi) is 4.33. The molecule has 2 fully saturated rings. The van der Waals surface area contributed by atoms with Gasteiger partial charge in [0.25, 0.3) is 0 Å². The van der Waals surface area contributed by atoms with Gasteiger partial charge in [-0.3, -0.25) is 9.69 Å². The fraction of sp³-hybridized carbons (Fsp3) is 0.917. The van der Waals surface area contributed by atoms with Gasteiger partial charge in [0.2, 0.25) is 5.91 Å². The zero-order chi connectivity index (χ0) is 12.3. The number of thioether (sulfide) groups is 1. The summed E-state index contributed by atoms with van der Waals surface area (Å²) >= 11 is 1.93. The lowest BCUT2D eigenvalue weighted by molar-refractivity contribution is -0.136. The molecular weight excluding hydrogens is 236 g/mol. The van der Waals surface area contributed by atoms with Gasteiger partial charge in [0.15, 0.2) is 0 Å². The van der Waals surface area contributed by atoms with Crippen molar-refractivity contribution >= 4 is 17.7 Å². The molecule has 1 amide bonds. The van der Waals surface area contributed by atoms with Gasteiger partial charge >= 0.3 is 0 Å². The van der Waals surface area contributed by atoms with Gasteiger partial charge in [-0.25, -0.2) is 0 Å². The summed E-state index contributed by atoms with van der Waals surface area (Å²) in [6.07, 6.45) is 0. The van der Waals surface area contributed by atoms with E-state index in [1.54, 1.807) is 0 Å². The summed E-state index contributed by atoms with van der Waals surface area (Å²) in [7, 11) is 0. The molecule has 0 aromatic rings. The van der Waals surface area contributed by atoms with Crippen molar-refractivity contribution in [1.29, 1.82) is 0 Å². The largest absolute Gasteiger partial charge is 0.373 e. The van der Waals surface area contributed by atoms with Crippen molar-refractivity contribution in [2.45, 2.75) is 19.4 Å². The van der Waals surface area contributed by atoms with Crippen LogP contribution in [-0.4, -0.2) is 72.1 Å². The van der Waals surface area contributed by atoms with Crippen molar-refractivity contribution in [1.82, 2.24) is 9.80 Å². The lowest BCUT2D eigenvalue weighted by Crippen LogP contribution is -2.52. The highest BCUT2D eigenvalue weighted by atomic mass is 32.2. The van der Waals surface area contributed by atoms with Crippen LogP contribution in [0.3, 0.4) is 0 Å². The van der Waals surface area contributed by atoms with Crippen molar-refractivity contribution in [3.63, 3.8) is 0 Å². The van der Waals surface area contributed by atoms with E-state index in [1.807, 2.05) is 16.7 Å². The summed E-state index contributed by atoms with van der Waals surface area (Å²) in [4.78, 5) is 16.3. The van der Waals surface area contributed by atoms with E-state index in [9.17, 15) is 4.79 Å². The maximum absolute atomic E-state index is 12.1. The normalized spacial score (nSPS) is 25.9. The topological polar surface area (TPSA) is 32.8 Å². The SMILES string of the molecule is CC1(C)CN(CC(=O)N2CCSCC2)CCO1. The van der Waals surface area contributed by atoms with Crippen LogP contribution in [0.5, 0.6) is 0 Å². The Balaban J connectivity index is 1.81. The predicted molar refractivity (Wildman–Crippen MR) is 70.4 cm³/mol. The Morgan fingerprint density at radius 3 is 2.65 bits per heavy atom. The van der Waals surface area contributed by atoms with Gasteiger partial charge in [0.1, 0.15) is 0 Å². The maximum atomic E-state index is 12.1. The molecule has 2 aliphatic heterocycles. The van der Waals surface area contributed by atoms with E-state index in [4.69, 9.17) is 4.74 Å². The van der Waals surface area contributed by atoms with Gasteiger partial charge in [-0.15, -0.1) is 0 Å². The Morgan fingerprint density at radius 1 is 1.29 bits per heavy atom. The number of nitrogens with zero attached hydrogens (tertiary/aromatic N) is 2. The first kappa shape index (κ1) is 13.2. The predicted octanol–water partition coefficient (Wildman–Crippen LogP) is 0.673. The van der Waals surface area contributed by atoms with Crippen LogP contribution in [-0.2, 0) is 9.53 Å². The quantitative estimate of drug-likeness (QED) is 0.729. The molecule has 0 radical (unpaired) electrons. The zero-order valence-corrected chi connectivity index (χ0v) is 11.6. The van der Waals surface area contributed by atoms with E-state index in [2.05, 4.69) is 18.7 Å². The summed E-state index contributed by atoms with van der Waals surface area (Å²) in [5.41, 5.74) is -0.115. The van der Waals surface area contributed by atoms with Gasteiger partial charge < -0.3 is 9.64 Å². The van der Waals surface area contributed by atoms with E-state index in [1.165, 1.54) is 0 Å². The van der Waals surface area contributed by atoms with Crippen molar-refractivity contribution < 1.29 is 9.53 Å². The summed E-state index contributed by atoms with van der Waals surface area (Å²) < 4.78 is 5.65. The fourth-order valence-electron chi connectivity index (χ4n) is 2.35. The van der Waals surface area contributed by atoms with Gasteiger partial charge in [0, 0.05) is 37.7 Å². The molecule has 0 spiro atoms. The van der Waals surface area contributed by atoms with E-state index in [0.29, 0.717) is 6.54 Å². The van der Waals surface area contributed by atoms with Crippen molar-refractivity contribution in [3.05, 3.63) is 0 Å². The maximum Gasteiger partial charge on any atom is 0.236 e. The second kappa shape index (κ2) is 5.59. The van der Waals surface area contributed by atoms with Crippen LogP contribution in [0, 0.1) is 0 Å². The van der Waals surface area contributed by atoms with Crippen LogP contribution in [0.2, 0.25) is 0 Å². The number of morpholine rings is 1. The monoisotopic (exact) mass is 258 g/mol. The first-order valence-electron chi connectivity index (χ1n) is 6.29. The highest BCUT2D eigenvalue weighted by Gasteiger charge is 2.29. The van der Waals surface area contributed by atoms with Crippen LogP contribution < -0.4 is 0 Å². The molecule has 5 heteroatoms. The summed E-state index contributed by atoms with van der Waals surface area (Å²) in [6, 6.07) is 0. The third-order valence-electron chi connectivity index (χ3n) is 3.23. The molecule has 0 N–H and O–H groups in total. The van der Waals surface area contributed by atoms with E-state index < -0.39 is 0 Å². The number of carbonyl (C=O) groups is 1. The second-order valence-electron chi connectivity index (χ2n) is 5.31. The molecule has 17 heavy (non-hydrogen) atoms. The molecule has 2 heterocycles. The van der Waals surface area contributed by atoms with E-state index in [-0.39, 0.29) is 11.5 Å². The van der Waals surface area contributed by atoms with Crippen molar-refractivity contribution in [2.24, 2.45) is 0 Å². The Labute approximate surface area is 108 Å². The lowest BCUT2D eigenvalue weighted by atomic mass is 10.1. The van der Waals surface area contributed by atoms with Gasteiger partial charge in [-0.1, -0.05) is 0 Å². The first-order chi connectivity index (χ1) is 8.07. The Morgan fingerprint density at radius 2 is 2.00 bits per heavy atom. The van der Waals surface area contributed by atoms with Crippen molar-refractivity contribution in [2.75, 3.05) is 50.8 Å². The average molecular weight is 258 g/mol. The molecule has 4 nitrogen and oxygen atoms in total. The third-order valence-corrected chi connectivity index (χ3v) is 4.17. The standard InChI is InChI=1S/C12H22N2O2S/c1-12(2)10-13(3-6-16-12)9-11(15)14-4-7-17-8-5-14/h3-10H2,1-2H3. The Hall–Kier alpha value is -0.260. The zero-order valence-electron chi connectivity index (χ0n) is 10.8. The molecule has 2 saturated heterocycles. The minimum Gasteiger partial charge on any atom is -0.373 e. The number of ether oxygens (including phenoxy) is 1. The van der Waals surface area contributed by atoms with Crippen LogP contribution in [0.25, 0.3) is 0 Å². The van der Waals surface area contributed by atoms with Gasteiger partial charge in [-0.05, 0) is 13.8 Å². The highest BCUT2D eigenvalue weighted by Crippen LogP contribution is 2.17. The number of carbonyl (C=O) groups excluding carboxylic acids is 1. The highest BCUT2D eigenvalue weighted by molar-refractivity contribution is 7.99. The molecule has 0 aliphatic carbocycles. The molecule has 2 rings (SSSR count). The van der Waals surface area contributed by atoms with Crippen molar-refractivity contribution in [3.8, 4) is 0 Å². The minimum atomic E-state index is -0.115. The molecule has 2 aliphatic rings.